The summed E-state index contributed by atoms with van der Waals surface area (Å²) in [7, 11) is 1.80. The molecule has 1 aliphatic carbocycles. The van der Waals surface area contributed by atoms with Crippen molar-refractivity contribution >= 4 is 17.6 Å². The molecule has 2 rings (SSSR count). The predicted molar refractivity (Wildman–Crippen MR) is 73.3 cm³/mol. The van der Waals surface area contributed by atoms with Crippen molar-refractivity contribution in [2.45, 2.75) is 45.2 Å². The van der Waals surface area contributed by atoms with E-state index >= 15 is 0 Å². The Morgan fingerprint density at radius 2 is 2.16 bits per heavy atom. The van der Waals surface area contributed by atoms with E-state index in [9.17, 15) is 4.79 Å². The van der Waals surface area contributed by atoms with Crippen molar-refractivity contribution in [2.75, 3.05) is 6.54 Å². The van der Waals surface area contributed by atoms with Gasteiger partial charge in [0.25, 0.3) is 0 Å². The first-order valence-corrected chi connectivity index (χ1v) is 7.00. The van der Waals surface area contributed by atoms with E-state index < -0.39 is 5.97 Å². The van der Waals surface area contributed by atoms with Gasteiger partial charge >= 0.3 is 5.97 Å². The second kappa shape index (κ2) is 5.92. The van der Waals surface area contributed by atoms with Gasteiger partial charge in [-0.3, -0.25) is 14.4 Å². The highest BCUT2D eigenvalue weighted by Crippen LogP contribution is 2.27. The van der Waals surface area contributed by atoms with Gasteiger partial charge in [-0.05, 0) is 19.8 Å². The van der Waals surface area contributed by atoms with Crippen molar-refractivity contribution in [1.82, 2.24) is 14.7 Å². The Balaban J connectivity index is 2.16. The van der Waals surface area contributed by atoms with E-state index in [0.29, 0.717) is 17.7 Å². The van der Waals surface area contributed by atoms with Crippen LogP contribution in [0.3, 0.4) is 0 Å². The molecule has 1 N–H and O–H groups in total. The Morgan fingerprint density at radius 1 is 1.53 bits per heavy atom. The molecule has 0 aliphatic heterocycles. The number of hydrogen-bond donors (Lipinski definition) is 1. The number of aromatic nitrogens is 2. The Morgan fingerprint density at radius 3 is 2.63 bits per heavy atom. The van der Waals surface area contributed by atoms with Crippen LogP contribution in [0.5, 0.6) is 0 Å². The van der Waals surface area contributed by atoms with Crippen LogP contribution in [-0.2, 0) is 18.4 Å². The Hall–Kier alpha value is -1.07. The third kappa shape index (κ3) is 3.28. The molecule has 19 heavy (non-hydrogen) atoms. The highest BCUT2D eigenvalue weighted by molar-refractivity contribution is 6.30. The fraction of sp³-hybridized carbons (Fsp3) is 0.692. The van der Waals surface area contributed by atoms with E-state index in [4.69, 9.17) is 16.7 Å². The van der Waals surface area contributed by atoms with Crippen LogP contribution in [0.15, 0.2) is 0 Å². The standard InChI is InChI=1S/C13H20ClN3O2/c1-9-11(13(14)16(2)15-9)7-17(8-12(18)19)10-5-3-4-6-10/h10H,3-8H2,1-2H3,(H,18,19). The van der Waals surface area contributed by atoms with Gasteiger partial charge in [-0.1, -0.05) is 24.4 Å². The third-order valence-electron chi connectivity index (χ3n) is 3.81. The number of nitrogens with zero attached hydrogens (tertiary/aromatic N) is 3. The minimum Gasteiger partial charge on any atom is -0.480 e. The minimum atomic E-state index is -0.787. The van der Waals surface area contributed by atoms with Crippen LogP contribution in [0, 0.1) is 6.92 Å². The number of carboxylic acids is 1. The van der Waals surface area contributed by atoms with Gasteiger partial charge in [-0.15, -0.1) is 0 Å². The molecule has 0 amide bonds. The maximum Gasteiger partial charge on any atom is 0.317 e. The van der Waals surface area contributed by atoms with E-state index in [1.807, 2.05) is 11.8 Å². The molecule has 6 heteroatoms. The number of aliphatic carboxylic acids is 1. The molecule has 0 bridgehead atoms. The first-order chi connectivity index (χ1) is 8.99. The molecular weight excluding hydrogens is 266 g/mol. The van der Waals surface area contributed by atoms with Crippen LogP contribution in [0.1, 0.15) is 36.9 Å². The lowest BCUT2D eigenvalue weighted by Crippen LogP contribution is -2.37. The Labute approximate surface area is 118 Å². The average Bonchev–Trinajstić information content (AvgIpc) is 2.92. The molecule has 0 saturated heterocycles. The fourth-order valence-corrected chi connectivity index (χ4v) is 3.05. The third-order valence-corrected chi connectivity index (χ3v) is 4.28. The summed E-state index contributed by atoms with van der Waals surface area (Å²) in [5, 5.41) is 14.0. The second-order valence-corrected chi connectivity index (χ2v) is 5.57. The van der Waals surface area contributed by atoms with Gasteiger partial charge in [0.05, 0.1) is 12.2 Å². The first kappa shape index (κ1) is 14.3. The molecule has 0 spiro atoms. The molecular formula is C13H20ClN3O2. The van der Waals surface area contributed by atoms with E-state index in [1.165, 1.54) is 12.8 Å². The predicted octanol–water partition coefficient (Wildman–Crippen LogP) is 2.21. The number of carboxylic acid groups (broad SMARTS) is 1. The van der Waals surface area contributed by atoms with Crippen LogP contribution in [0.2, 0.25) is 5.15 Å². The summed E-state index contributed by atoms with van der Waals surface area (Å²) in [5.41, 5.74) is 1.82. The SMILES string of the molecule is Cc1nn(C)c(Cl)c1CN(CC(=O)O)C1CCCC1. The molecule has 5 nitrogen and oxygen atoms in total. The molecule has 1 heterocycles. The number of hydrogen-bond acceptors (Lipinski definition) is 3. The Kier molecular flexibility index (Phi) is 4.47. The largest absolute Gasteiger partial charge is 0.480 e. The van der Waals surface area contributed by atoms with Gasteiger partial charge in [0.1, 0.15) is 5.15 Å². The molecule has 0 radical (unpaired) electrons. The van der Waals surface area contributed by atoms with E-state index in [0.717, 1.165) is 24.1 Å². The van der Waals surface area contributed by atoms with Crippen LogP contribution in [0.4, 0.5) is 0 Å². The summed E-state index contributed by atoms with van der Waals surface area (Å²) in [6.07, 6.45) is 4.51. The number of rotatable bonds is 5. The lowest BCUT2D eigenvalue weighted by molar-refractivity contribution is -0.139. The zero-order valence-corrected chi connectivity index (χ0v) is 12.2. The van der Waals surface area contributed by atoms with Crippen LogP contribution >= 0.6 is 11.6 Å². The van der Waals surface area contributed by atoms with Gasteiger partial charge in [0.15, 0.2) is 0 Å². The van der Waals surface area contributed by atoms with Crippen LogP contribution in [0.25, 0.3) is 0 Å². The summed E-state index contributed by atoms with van der Waals surface area (Å²) in [6, 6.07) is 0.353. The molecule has 0 aromatic carbocycles. The zero-order valence-electron chi connectivity index (χ0n) is 11.4. The van der Waals surface area contributed by atoms with Gasteiger partial charge in [-0.2, -0.15) is 5.10 Å². The second-order valence-electron chi connectivity index (χ2n) is 5.22. The van der Waals surface area contributed by atoms with Crippen molar-refractivity contribution in [3.8, 4) is 0 Å². The summed E-state index contributed by atoms with van der Waals surface area (Å²) >= 11 is 6.23. The smallest absolute Gasteiger partial charge is 0.317 e. The summed E-state index contributed by atoms with van der Waals surface area (Å²) in [6.45, 7) is 2.54. The average molecular weight is 286 g/mol. The van der Waals surface area contributed by atoms with Gasteiger partial charge in [-0.25, -0.2) is 0 Å². The van der Waals surface area contributed by atoms with Crippen LogP contribution in [-0.4, -0.2) is 38.3 Å². The molecule has 1 aromatic rings. The van der Waals surface area contributed by atoms with E-state index in [-0.39, 0.29) is 6.54 Å². The summed E-state index contributed by atoms with van der Waals surface area (Å²) < 4.78 is 1.64. The lowest BCUT2D eigenvalue weighted by atomic mass is 10.1. The minimum absolute atomic E-state index is 0.0648. The molecule has 0 unspecified atom stereocenters. The van der Waals surface area contributed by atoms with Gasteiger partial charge < -0.3 is 5.11 Å². The lowest BCUT2D eigenvalue weighted by Gasteiger charge is -2.27. The zero-order chi connectivity index (χ0) is 14.0. The van der Waals surface area contributed by atoms with Crippen molar-refractivity contribution in [3.63, 3.8) is 0 Å². The number of halogens is 1. The van der Waals surface area contributed by atoms with Crippen molar-refractivity contribution < 1.29 is 9.90 Å². The van der Waals surface area contributed by atoms with Gasteiger partial charge in [0, 0.05) is 25.2 Å². The molecule has 1 aliphatic rings. The van der Waals surface area contributed by atoms with Gasteiger partial charge in [0.2, 0.25) is 0 Å². The Bertz CT molecular complexity index is 467. The fourth-order valence-electron chi connectivity index (χ4n) is 2.81. The molecule has 0 atom stereocenters. The van der Waals surface area contributed by atoms with Crippen molar-refractivity contribution in [2.24, 2.45) is 7.05 Å². The van der Waals surface area contributed by atoms with E-state index in [1.54, 1.807) is 11.7 Å². The topological polar surface area (TPSA) is 58.4 Å². The van der Waals surface area contributed by atoms with Crippen LogP contribution < -0.4 is 0 Å². The molecule has 106 valence electrons. The highest BCUT2D eigenvalue weighted by Gasteiger charge is 2.26. The highest BCUT2D eigenvalue weighted by atomic mass is 35.5. The first-order valence-electron chi connectivity index (χ1n) is 6.63. The molecule has 1 aromatic heterocycles. The number of aryl methyl sites for hydroxylation is 2. The summed E-state index contributed by atoms with van der Waals surface area (Å²) in [4.78, 5) is 13.1. The molecule has 1 saturated carbocycles. The maximum atomic E-state index is 11.0. The quantitative estimate of drug-likeness (QED) is 0.901. The van der Waals surface area contributed by atoms with Crippen molar-refractivity contribution in [3.05, 3.63) is 16.4 Å². The summed E-state index contributed by atoms with van der Waals surface area (Å²) in [5.74, 6) is -0.787. The van der Waals surface area contributed by atoms with Crippen molar-refractivity contribution in [1.29, 1.82) is 0 Å². The number of carbonyl (C=O) groups is 1. The monoisotopic (exact) mass is 285 g/mol. The maximum absolute atomic E-state index is 11.0. The van der Waals surface area contributed by atoms with E-state index in [2.05, 4.69) is 5.10 Å². The molecule has 1 fully saturated rings. The normalized spacial score (nSPS) is 16.4.